The van der Waals surface area contributed by atoms with Gasteiger partial charge in [0.05, 0.1) is 5.56 Å². The first-order valence-corrected chi connectivity index (χ1v) is 7.31. The molecule has 1 aliphatic heterocycles. The lowest BCUT2D eigenvalue weighted by molar-refractivity contribution is -0.141. The van der Waals surface area contributed by atoms with Crippen LogP contribution in [0.5, 0.6) is 0 Å². The first-order chi connectivity index (χ1) is 11.3. The molecule has 1 fully saturated rings. The van der Waals surface area contributed by atoms with Gasteiger partial charge < -0.3 is 10.6 Å². The zero-order chi connectivity index (χ0) is 17.7. The number of carbonyl (C=O) groups excluding carboxylic acids is 3. The fourth-order valence-electron chi connectivity index (χ4n) is 2.29. The molecule has 0 unspecified atom stereocenters. The first kappa shape index (κ1) is 17.9. The van der Waals surface area contributed by atoms with Gasteiger partial charge in [0.25, 0.3) is 0 Å². The number of amides is 3. The van der Waals surface area contributed by atoms with Crippen molar-refractivity contribution in [3.8, 4) is 0 Å². The Balaban J connectivity index is 1.89. The molecule has 0 spiro atoms. The summed E-state index contributed by atoms with van der Waals surface area (Å²) in [5, 5.41) is 7.22. The molecular weight excluding hydrogens is 327 g/mol. The fraction of sp³-hybridized carbons (Fsp3) is 0.400. The number of halogens is 3. The van der Waals surface area contributed by atoms with Crippen LogP contribution in [0.2, 0.25) is 0 Å². The van der Waals surface area contributed by atoms with Crippen molar-refractivity contribution in [1.82, 2.24) is 10.6 Å². The smallest absolute Gasteiger partial charge is 0.318 e. The van der Waals surface area contributed by atoms with Crippen LogP contribution >= 0.6 is 0 Å². The van der Waals surface area contributed by atoms with Crippen LogP contribution in [0.15, 0.2) is 24.3 Å². The van der Waals surface area contributed by atoms with E-state index < -0.39 is 29.5 Å². The van der Waals surface area contributed by atoms with Crippen LogP contribution in [0.1, 0.15) is 18.4 Å². The zero-order valence-electron chi connectivity index (χ0n) is 12.6. The summed E-state index contributed by atoms with van der Waals surface area (Å²) >= 11 is 0. The minimum absolute atomic E-state index is 0.0254. The molecule has 0 aliphatic carbocycles. The highest BCUT2D eigenvalue weighted by molar-refractivity contribution is 6.41. The second kappa shape index (κ2) is 7.43. The second-order valence-electron chi connectivity index (χ2n) is 5.37. The number of benzene rings is 1. The van der Waals surface area contributed by atoms with Gasteiger partial charge in [-0.25, -0.2) is 0 Å². The Labute approximate surface area is 135 Å². The number of anilines is 1. The Bertz CT molecular complexity index is 623. The third-order valence-corrected chi connectivity index (χ3v) is 3.62. The minimum atomic E-state index is -4.48. The van der Waals surface area contributed by atoms with Crippen LogP contribution in [0.25, 0.3) is 0 Å². The van der Waals surface area contributed by atoms with E-state index in [2.05, 4.69) is 10.6 Å². The number of nitrogens with one attached hydrogen (secondary N) is 3. The van der Waals surface area contributed by atoms with Gasteiger partial charge in [0.15, 0.2) is 0 Å². The predicted molar refractivity (Wildman–Crippen MR) is 78.8 cm³/mol. The molecule has 1 heterocycles. The van der Waals surface area contributed by atoms with E-state index in [0.29, 0.717) is 25.9 Å². The summed E-state index contributed by atoms with van der Waals surface area (Å²) in [6.45, 7) is 1.31. The lowest BCUT2D eigenvalue weighted by atomic mass is 9.97. The molecule has 0 radical (unpaired) electrons. The van der Waals surface area contributed by atoms with Gasteiger partial charge >= 0.3 is 18.0 Å². The van der Waals surface area contributed by atoms with Gasteiger partial charge in [-0.1, -0.05) is 0 Å². The zero-order valence-corrected chi connectivity index (χ0v) is 12.6. The van der Waals surface area contributed by atoms with E-state index in [1.165, 1.54) is 0 Å². The van der Waals surface area contributed by atoms with Crippen LogP contribution in [0, 0.1) is 5.92 Å². The lowest BCUT2D eigenvalue weighted by Crippen LogP contribution is -2.44. The van der Waals surface area contributed by atoms with E-state index in [9.17, 15) is 27.6 Å². The van der Waals surface area contributed by atoms with Crippen LogP contribution in [-0.4, -0.2) is 30.8 Å². The van der Waals surface area contributed by atoms with Gasteiger partial charge in [-0.15, -0.1) is 0 Å². The fourth-order valence-corrected chi connectivity index (χ4v) is 2.29. The molecule has 3 amide bonds. The van der Waals surface area contributed by atoms with Crippen molar-refractivity contribution in [2.45, 2.75) is 19.0 Å². The maximum atomic E-state index is 12.4. The predicted octanol–water partition coefficient (Wildman–Crippen LogP) is 1.29. The lowest BCUT2D eigenvalue weighted by Gasteiger charge is -2.21. The van der Waals surface area contributed by atoms with Crippen molar-refractivity contribution in [3.05, 3.63) is 29.8 Å². The van der Waals surface area contributed by atoms with Crippen molar-refractivity contribution in [1.29, 1.82) is 0 Å². The Kier molecular flexibility index (Phi) is 5.55. The Morgan fingerprint density at radius 2 is 1.58 bits per heavy atom. The summed E-state index contributed by atoms with van der Waals surface area (Å²) in [7, 11) is 0. The average molecular weight is 343 g/mol. The van der Waals surface area contributed by atoms with Crippen LogP contribution in [0.4, 0.5) is 18.9 Å². The Morgan fingerprint density at radius 1 is 1.00 bits per heavy atom. The summed E-state index contributed by atoms with van der Waals surface area (Å²) in [6.07, 6.45) is -3.35. The van der Waals surface area contributed by atoms with Gasteiger partial charge in [0.1, 0.15) is 0 Å². The molecule has 1 aromatic carbocycles. The van der Waals surface area contributed by atoms with Gasteiger partial charge in [0, 0.05) is 11.6 Å². The van der Waals surface area contributed by atoms with Crippen molar-refractivity contribution >= 4 is 23.4 Å². The monoisotopic (exact) mass is 343 g/mol. The normalized spacial score (nSPS) is 15.6. The van der Waals surface area contributed by atoms with Crippen molar-refractivity contribution in [3.63, 3.8) is 0 Å². The molecule has 1 aromatic rings. The van der Waals surface area contributed by atoms with Crippen LogP contribution in [-0.2, 0) is 20.6 Å². The van der Waals surface area contributed by atoms with Gasteiger partial charge in [0.2, 0.25) is 5.91 Å². The van der Waals surface area contributed by atoms with E-state index in [-0.39, 0.29) is 11.6 Å². The maximum Gasteiger partial charge on any atom is 0.416 e. The summed E-state index contributed by atoms with van der Waals surface area (Å²) in [4.78, 5) is 35.2. The quantitative estimate of drug-likeness (QED) is 0.706. The van der Waals surface area contributed by atoms with Crippen molar-refractivity contribution in [2.75, 3.05) is 18.4 Å². The highest BCUT2D eigenvalue weighted by atomic mass is 19.4. The second-order valence-corrected chi connectivity index (χ2v) is 5.37. The summed E-state index contributed by atoms with van der Waals surface area (Å²) in [6, 6.07) is 3.63. The number of carbonyl (C=O) groups is 3. The summed E-state index contributed by atoms with van der Waals surface area (Å²) in [5.41, 5.74) is -0.844. The molecular formula is C15H16F3N3O3. The number of piperidine rings is 1. The van der Waals surface area contributed by atoms with Gasteiger partial charge in [-0.3, -0.25) is 19.7 Å². The molecule has 6 nitrogen and oxygen atoms in total. The number of alkyl halides is 3. The number of hydrogen-bond donors (Lipinski definition) is 3. The Hall–Kier alpha value is -2.42. The number of imide groups is 1. The van der Waals surface area contributed by atoms with Crippen molar-refractivity contribution < 1.29 is 27.6 Å². The van der Waals surface area contributed by atoms with Gasteiger partial charge in [-0.2, -0.15) is 13.2 Å². The average Bonchev–Trinajstić information content (AvgIpc) is 2.55. The maximum absolute atomic E-state index is 12.4. The van der Waals surface area contributed by atoms with Crippen molar-refractivity contribution in [2.24, 2.45) is 5.92 Å². The highest BCUT2D eigenvalue weighted by Crippen LogP contribution is 2.29. The van der Waals surface area contributed by atoms with Crippen LogP contribution in [0.3, 0.4) is 0 Å². The number of rotatable bonds is 2. The van der Waals surface area contributed by atoms with Crippen LogP contribution < -0.4 is 16.0 Å². The van der Waals surface area contributed by atoms with E-state index in [4.69, 9.17) is 0 Å². The SMILES string of the molecule is O=C(NC(=O)C1CCNCC1)C(=O)Nc1ccc(C(F)(F)F)cc1. The highest BCUT2D eigenvalue weighted by Gasteiger charge is 2.30. The molecule has 3 N–H and O–H groups in total. The molecule has 9 heteroatoms. The van der Waals surface area contributed by atoms with E-state index in [1.54, 1.807) is 0 Å². The largest absolute Gasteiger partial charge is 0.416 e. The molecule has 130 valence electrons. The molecule has 0 atom stereocenters. The van der Waals surface area contributed by atoms with E-state index >= 15 is 0 Å². The standard InChI is InChI=1S/C15H16F3N3O3/c16-15(17,18)10-1-3-11(4-2-10)20-13(23)14(24)21-12(22)9-5-7-19-8-6-9/h1-4,9,19H,5-8H2,(H,20,23)(H,21,22,24). The molecule has 2 rings (SSSR count). The molecule has 24 heavy (non-hydrogen) atoms. The molecule has 1 saturated heterocycles. The van der Waals surface area contributed by atoms with E-state index in [1.807, 2.05) is 5.32 Å². The topological polar surface area (TPSA) is 87.3 Å². The first-order valence-electron chi connectivity index (χ1n) is 7.31. The molecule has 0 aromatic heterocycles. The van der Waals surface area contributed by atoms with Gasteiger partial charge in [-0.05, 0) is 50.2 Å². The summed E-state index contributed by atoms with van der Waals surface area (Å²) in [5.74, 6) is -3.12. The van der Waals surface area contributed by atoms with E-state index in [0.717, 1.165) is 24.3 Å². The molecule has 0 saturated carbocycles. The molecule has 1 aliphatic rings. The Morgan fingerprint density at radius 3 is 2.12 bits per heavy atom. The third-order valence-electron chi connectivity index (χ3n) is 3.62. The minimum Gasteiger partial charge on any atom is -0.318 e. The third kappa shape index (κ3) is 4.79. The summed E-state index contributed by atoms with van der Waals surface area (Å²) < 4.78 is 37.3. The number of hydrogen-bond acceptors (Lipinski definition) is 4. The molecule has 0 bridgehead atoms.